The van der Waals surface area contributed by atoms with Gasteiger partial charge in [-0.2, -0.15) is 0 Å². The number of carbonyl (C=O) groups is 2. The van der Waals surface area contributed by atoms with E-state index < -0.39 is 5.60 Å². The summed E-state index contributed by atoms with van der Waals surface area (Å²) < 4.78 is 5.40. The number of amides is 2. The Morgan fingerprint density at radius 2 is 1.52 bits per heavy atom. The minimum Gasteiger partial charge on any atom is -0.444 e. The van der Waals surface area contributed by atoms with Gasteiger partial charge in [0.05, 0.1) is 0 Å². The Morgan fingerprint density at radius 1 is 0.957 bits per heavy atom. The lowest BCUT2D eigenvalue weighted by Gasteiger charge is -2.38. The predicted molar refractivity (Wildman–Crippen MR) is 89.2 cm³/mol. The number of rotatable bonds is 2. The zero-order chi connectivity index (χ0) is 17.0. The summed E-state index contributed by atoms with van der Waals surface area (Å²) in [6.45, 7) is 13.7. The molecule has 2 heterocycles. The number of likely N-dealkylation sites (tertiary alicyclic amines) is 1. The summed E-state index contributed by atoms with van der Waals surface area (Å²) in [5, 5.41) is 0. The number of nitrogens with zero attached hydrogens (tertiary/aromatic N) is 3. The van der Waals surface area contributed by atoms with Crippen LogP contribution >= 0.6 is 0 Å². The van der Waals surface area contributed by atoms with Crippen molar-refractivity contribution in [2.24, 2.45) is 5.92 Å². The Balaban J connectivity index is 1.78. The lowest BCUT2D eigenvalue weighted by atomic mass is 9.95. The number of hydrogen-bond donors (Lipinski definition) is 0. The molecule has 2 saturated heterocycles. The molecule has 0 aliphatic carbocycles. The maximum absolute atomic E-state index is 12.6. The van der Waals surface area contributed by atoms with Crippen molar-refractivity contribution in [2.45, 2.75) is 46.1 Å². The smallest absolute Gasteiger partial charge is 0.410 e. The largest absolute Gasteiger partial charge is 0.444 e. The van der Waals surface area contributed by atoms with E-state index in [2.05, 4.69) is 11.8 Å². The number of ether oxygens (including phenoxy) is 1. The third-order valence-electron chi connectivity index (χ3n) is 4.63. The highest BCUT2D eigenvalue weighted by atomic mass is 16.6. The molecule has 0 N–H and O–H groups in total. The van der Waals surface area contributed by atoms with Crippen molar-refractivity contribution < 1.29 is 14.3 Å². The molecular formula is C17H31N3O3. The molecule has 6 nitrogen and oxygen atoms in total. The average Bonchev–Trinajstić information content (AvgIpc) is 2.53. The van der Waals surface area contributed by atoms with Gasteiger partial charge in [-0.1, -0.05) is 6.92 Å². The third kappa shape index (κ3) is 5.09. The Labute approximate surface area is 139 Å². The van der Waals surface area contributed by atoms with Crippen LogP contribution in [0, 0.1) is 5.92 Å². The molecule has 0 atom stereocenters. The van der Waals surface area contributed by atoms with E-state index in [0.29, 0.717) is 13.1 Å². The predicted octanol–water partition coefficient (Wildman–Crippen LogP) is 1.80. The zero-order valence-electron chi connectivity index (χ0n) is 15.0. The van der Waals surface area contributed by atoms with Crippen LogP contribution in [0.5, 0.6) is 0 Å². The second-order valence-corrected chi connectivity index (χ2v) is 7.50. The second kappa shape index (κ2) is 7.51. The quantitative estimate of drug-likeness (QED) is 0.777. The monoisotopic (exact) mass is 325 g/mol. The molecule has 0 saturated carbocycles. The molecule has 0 bridgehead atoms. The van der Waals surface area contributed by atoms with E-state index in [4.69, 9.17) is 4.74 Å². The lowest BCUT2D eigenvalue weighted by molar-refractivity contribution is -0.138. The molecule has 2 amide bonds. The summed E-state index contributed by atoms with van der Waals surface area (Å²) >= 11 is 0. The molecule has 132 valence electrons. The standard InChI is InChI=1S/C17H31N3O3/c1-5-18-10-12-19(13-11-18)15(21)14-6-8-20(9-7-14)16(22)23-17(2,3)4/h14H,5-13H2,1-4H3. The summed E-state index contributed by atoms with van der Waals surface area (Å²) in [4.78, 5) is 30.8. The Morgan fingerprint density at radius 3 is 2.00 bits per heavy atom. The Hall–Kier alpha value is -1.30. The van der Waals surface area contributed by atoms with Crippen molar-refractivity contribution in [3.05, 3.63) is 0 Å². The Kier molecular flexibility index (Phi) is 5.89. The summed E-state index contributed by atoms with van der Waals surface area (Å²) in [6.07, 6.45) is 1.22. The highest BCUT2D eigenvalue weighted by Crippen LogP contribution is 2.22. The first-order chi connectivity index (χ1) is 10.8. The minimum atomic E-state index is -0.470. The molecule has 0 radical (unpaired) electrons. The SMILES string of the molecule is CCN1CCN(C(=O)C2CCN(C(=O)OC(C)(C)C)CC2)CC1. The first-order valence-electron chi connectivity index (χ1n) is 8.79. The number of piperidine rings is 1. The molecule has 23 heavy (non-hydrogen) atoms. The number of hydrogen-bond acceptors (Lipinski definition) is 4. The highest BCUT2D eigenvalue weighted by Gasteiger charge is 2.32. The van der Waals surface area contributed by atoms with Gasteiger partial charge in [0, 0.05) is 45.2 Å². The summed E-state index contributed by atoms with van der Waals surface area (Å²) in [7, 11) is 0. The van der Waals surface area contributed by atoms with Gasteiger partial charge >= 0.3 is 6.09 Å². The van der Waals surface area contributed by atoms with Crippen LogP contribution in [-0.2, 0) is 9.53 Å². The van der Waals surface area contributed by atoms with Crippen LogP contribution < -0.4 is 0 Å². The summed E-state index contributed by atoms with van der Waals surface area (Å²) in [6, 6.07) is 0. The molecule has 2 aliphatic heterocycles. The van der Waals surface area contributed by atoms with E-state index in [1.54, 1.807) is 4.90 Å². The van der Waals surface area contributed by atoms with E-state index in [0.717, 1.165) is 45.6 Å². The first-order valence-corrected chi connectivity index (χ1v) is 8.79. The van der Waals surface area contributed by atoms with Crippen molar-refractivity contribution >= 4 is 12.0 Å². The van der Waals surface area contributed by atoms with Crippen LogP contribution in [0.25, 0.3) is 0 Å². The van der Waals surface area contributed by atoms with Gasteiger partial charge in [-0.15, -0.1) is 0 Å². The molecule has 2 aliphatic rings. The molecule has 0 spiro atoms. The molecule has 6 heteroatoms. The molecule has 2 rings (SSSR count). The third-order valence-corrected chi connectivity index (χ3v) is 4.63. The van der Waals surface area contributed by atoms with Crippen LogP contribution in [0.3, 0.4) is 0 Å². The zero-order valence-corrected chi connectivity index (χ0v) is 15.0. The van der Waals surface area contributed by atoms with Gasteiger partial charge < -0.3 is 19.4 Å². The van der Waals surface area contributed by atoms with Crippen molar-refractivity contribution in [1.29, 1.82) is 0 Å². The van der Waals surface area contributed by atoms with E-state index in [1.165, 1.54) is 0 Å². The normalized spacial score (nSPS) is 21.4. The molecule has 0 aromatic heterocycles. The van der Waals surface area contributed by atoms with Gasteiger partial charge in [-0.3, -0.25) is 4.79 Å². The maximum Gasteiger partial charge on any atom is 0.410 e. The summed E-state index contributed by atoms with van der Waals surface area (Å²) in [5.41, 5.74) is -0.470. The van der Waals surface area contributed by atoms with Gasteiger partial charge in [0.1, 0.15) is 5.60 Å². The van der Waals surface area contributed by atoms with Crippen LogP contribution in [0.15, 0.2) is 0 Å². The van der Waals surface area contributed by atoms with E-state index in [9.17, 15) is 9.59 Å². The minimum absolute atomic E-state index is 0.0573. The number of carbonyl (C=O) groups excluding carboxylic acids is 2. The summed E-state index contributed by atoms with van der Waals surface area (Å²) in [5.74, 6) is 0.325. The fraction of sp³-hybridized carbons (Fsp3) is 0.882. The fourth-order valence-electron chi connectivity index (χ4n) is 3.18. The van der Waals surface area contributed by atoms with Crippen molar-refractivity contribution in [1.82, 2.24) is 14.7 Å². The Bertz CT molecular complexity index is 417. The first kappa shape index (κ1) is 18.0. The van der Waals surface area contributed by atoms with Crippen molar-refractivity contribution in [3.8, 4) is 0 Å². The van der Waals surface area contributed by atoms with Crippen LogP contribution in [0.1, 0.15) is 40.5 Å². The molecule has 0 aromatic rings. The molecule has 0 aromatic carbocycles. The van der Waals surface area contributed by atoms with Gasteiger partial charge in [-0.25, -0.2) is 4.79 Å². The van der Waals surface area contributed by atoms with E-state index >= 15 is 0 Å². The lowest BCUT2D eigenvalue weighted by Crippen LogP contribution is -2.52. The molecular weight excluding hydrogens is 294 g/mol. The fourth-order valence-corrected chi connectivity index (χ4v) is 3.18. The van der Waals surface area contributed by atoms with Gasteiger partial charge in [0.15, 0.2) is 0 Å². The van der Waals surface area contributed by atoms with Gasteiger partial charge in [0.2, 0.25) is 5.91 Å². The number of piperazine rings is 1. The van der Waals surface area contributed by atoms with Crippen LogP contribution in [0.4, 0.5) is 4.79 Å². The van der Waals surface area contributed by atoms with Crippen molar-refractivity contribution in [3.63, 3.8) is 0 Å². The second-order valence-electron chi connectivity index (χ2n) is 7.50. The van der Waals surface area contributed by atoms with Gasteiger partial charge in [0.25, 0.3) is 0 Å². The highest BCUT2D eigenvalue weighted by molar-refractivity contribution is 5.79. The van der Waals surface area contributed by atoms with Crippen LogP contribution in [0.2, 0.25) is 0 Å². The maximum atomic E-state index is 12.6. The van der Waals surface area contributed by atoms with E-state index in [-0.39, 0.29) is 17.9 Å². The van der Waals surface area contributed by atoms with Gasteiger partial charge in [-0.05, 0) is 40.2 Å². The average molecular weight is 325 g/mol. The molecule has 0 unspecified atom stereocenters. The molecule has 2 fully saturated rings. The van der Waals surface area contributed by atoms with Crippen LogP contribution in [-0.4, -0.2) is 78.1 Å². The topological polar surface area (TPSA) is 53.1 Å². The van der Waals surface area contributed by atoms with E-state index in [1.807, 2.05) is 25.7 Å². The number of likely N-dealkylation sites (N-methyl/N-ethyl adjacent to an activating group) is 1. The van der Waals surface area contributed by atoms with Crippen molar-refractivity contribution in [2.75, 3.05) is 45.8 Å².